The zero-order chi connectivity index (χ0) is 44.0. The molecule has 2 amide bonds. The maximum atomic E-state index is 12.7. The van der Waals surface area contributed by atoms with E-state index in [0.29, 0.717) is 12.2 Å². The number of nitrogens with zero attached hydrogens (tertiary/aromatic N) is 4. The Labute approximate surface area is 343 Å². The first-order chi connectivity index (χ1) is 27.6. The molecular formula is C31H52N7O17P3S. The van der Waals surface area contributed by atoms with Gasteiger partial charge in [0.25, 0.3) is 0 Å². The Morgan fingerprint density at radius 1 is 1.02 bits per heavy atom. The van der Waals surface area contributed by atoms with E-state index < -0.39 is 84.6 Å². The first-order valence-electron chi connectivity index (χ1n) is 18.3. The van der Waals surface area contributed by atoms with E-state index in [1.807, 2.05) is 0 Å². The number of aliphatic hydroxyl groups is 2. The summed E-state index contributed by atoms with van der Waals surface area (Å²) < 4.78 is 62.2. The molecular weight excluding hydrogens is 867 g/mol. The number of carbonyl (C=O) groups is 3. The number of phosphoric acid groups is 3. The summed E-state index contributed by atoms with van der Waals surface area (Å²) in [6.07, 6.45) is 2.58. The highest BCUT2D eigenvalue weighted by atomic mass is 32.2. The second kappa shape index (κ2) is 22.9. The second-order valence-electron chi connectivity index (χ2n) is 13.8. The van der Waals surface area contributed by atoms with Crippen molar-refractivity contribution in [2.24, 2.45) is 5.41 Å². The van der Waals surface area contributed by atoms with Crippen LogP contribution in [0.2, 0.25) is 0 Å². The normalized spacial score (nSPS) is 21.3. The van der Waals surface area contributed by atoms with Crippen LogP contribution < -0.4 is 16.4 Å². The highest BCUT2D eigenvalue weighted by molar-refractivity contribution is 8.13. The molecule has 0 radical (unpaired) electrons. The number of nitrogens with one attached hydrogen (secondary N) is 2. The van der Waals surface area contributed by atoms with Crippen LogP contribution in [0.3, 0.4) is 0 Å². The van der Waals surface area contributed by atoms with E-state index in [1.54, 1.807) is 0 Å². The number of ether oxygens (including phenoxy) is 1. The molecule has 28 heteroatoms. The number of imidazole rings is 1. The number of unbranched alkanes of at least 4 members (excludes halogenated alkanes) is 3. The summed E-state index contributed by atoms with van der Waals surface area (Å²) in [6, 6.07) is 0. The van der Waals surface area contributed by atoms with Crippen molar-refractivity contribution in [2.75, 3.05) is 37.8 Å². The number of phosphoric ester groups is 3. The number of hydrogen-bond donors (Lipinski definition) is 9. The van der Waals surface area contributed by atoms with Gasteiger partial charge in [-0.1, -0.05) is 51.1 Å². The average Bonchev–Trinajstić information content (AvgIpc) is 3.71. The Bertz CT molecular complexity index is 1900. The Kier molecular flexibility index (Phi) is 19.7. The Balaban J connectivity index is 1.42. The molecule has 3 heterocycles. The summed E-state index contributed by atoms with van der Waals surface area (Å²) in [6.45, 7) is 2.65. The molecule has 1 fully saturated rings. The van der Waals surface area contributed by atoms with Crippen molar-refractivity contribution in [3.63, 3.8) is 0 Å². The standard InChI is InChI=1S/C31H52N7O17P3S/c1-4-5-6-7-8-9-10-11-22(40)59-15-14-33-21(39)12-13-34-29(43)26(42)31(2,3)17-52-58(49,50)55-57(47,48)51-16-20-25(54-56(44,45)46)24(41)30(53-20)38-19-37-23-27(32)35-18-36-28(23)38/h6-7,18-20,24-26,30,41-42H,4-5,8-17H2,1-3H3,(H,33,39)(H,34,43)(H,47,48)(H,49,50)(H2,32,35,36)(H2,44,45,46)/b7-6+. The molecule has 0 aromatic carbocycles. The molecule has 334 valence electrons. The molecule has 7 atom stereocenters. The van der Waals surface area contributed by atoms with Crippen molar-refractivity contribution in [2.45, 2.75) is 96.4 Å². The van der Waals surface area contributed by atoms with E-state index in [0.717, 1.165) is 61.1 Å². The topological polar surface area (TPSA) is 364 Å². The minimum atomic E-state index is -5.57. The number of amides is 2. The number of hydrogen-bond acceptors (Lipinski definition) is 18. The van der Waals surface area contributed by atoms with E-state index in [-0.39, 0.29) is 41.6 Å². The largest absolute Gasteiger partial charge is 0.481 e. The highest BCUT2D eigenvalue weighted by Gasteiger charge is 2.50. The summed E-state index contributed by atoms with van der Waals surface area (Å²) in [5.41, 5.74) is 4.27. The molecule has 59 heavy (non-hydrogen) atoms. The van der Waals surface area contributed by atoms with Gasteiger partial charge < -0.3 is 50.9 Å². The van der Waals surface area contributed by atoms with Gasteiger partial charge in [-0.25, -0.2) is 28.6 Å². The van der Waals surface area contributed by atoms with Gasteiger partial charge in [0, 0.05) is 37.1 Å². The van der Waals surface area contributed by atoms with E-state index in [4.69, 9.17) is 19.5 Å². The molecule has 2 aromatic rings. The van der Waals surface area contributed by atoms with Gasteiger partial charge in [0.05, 0.1) is 19.5 Å². The molecule has 3 rings (SSSR count). The quantitative estimate of drug-likeness (QED) is 0.0367. The number of aliphatic hydroxyl groups excluding tert-OH is 2. The number of aromatic nitrogens is 4. The lowest BCUT2D eigenvalue weighted by atomic mass is 9.87. The zero-order valence-electron chi connectivity index (χ0n) is 32.5. The third-order valence-electron chi connectivity index (χ3n) is 8.39. The van der Waals surface area contributed by atoms with Crippen molar-refractivity contribution in [3.8, 4) is 0 Å². The van der Waals surface area contributed by atoms with Crippen LogP contribution in [0.15, 0.2) is 24.8 Å². The predicted molar refractivity (Wildman–Crippen MR) is 210 cm³/mol. The van der Waals surface area contributed by atoms with Gasteiger partial charge in [-0.15, -0.1) is 0 Å². The molecule has 7 unspecified atom stereocenters. The summed E-state index contributed by atoms with van der Waals surface area (Å²) in [4.78, 5) is 87.8. The Morgan fingerprint density at radius 3 is 2.41 bits per heavy atom. The van der Waals surface area contributed by atoms with Crippen molar-refractivity contribution in [1.29, 1.82) is 0 Å². The van der Waals surface area contributed by atoms with Crippen LogP contribution in [-0.2, 0) is 50.7 Å². The molecule has 1 aliphatic heterocycles. The molecule has 0 spiro atoms. The predicted octanol–water partition coefficient (Wildman–Crippen LogP) is 1.58. The van der Waals surface area contributed by atoms with Crippen LogP contribution in [0.25, 0.3) is 11.2 Å². The van der Waals surface area contributed by atoms with Crippen LogP contribution in [0, 0.1) is 5.41 Å². The third kappa shape index (κ3) is 16.9. The number of allylic oxidation sites excluding steroid dienone is 2. The lowest BCUT2D eigenvalue weighted by Crippen LogP contribution is -2.46. The van der Waals surface area contributed by atoms with Crippen LogP contribution >= 0.6 is 35.2 Å². The molecule has 24 nitrogen and oxygen atoms in total. The molecule has 0 bridgehead atoms. The van der Waals surface area contributed by atoms with Gasteiger partial charge in [-0.3, -0.25) is 32.5 Å². The van der Waals surface area contributed by atoms with Crippen molar-refractivity contribution >= 4 is 69.1 Å². The smallest absolute Gasteiger partial charge is 0.386 e. The minimum Gasteiger partial charge on any atom is -0.386 e. The van der Waals surface area contributed by atoms with E-state index in [1.165, 1.54) is 13.8 Å². The van der Waals surface area contributed by atoms with Gasteiger partial charge in [0.2, 0.25) is 11.8 Å². The minimum absolute atomic E-state index is 0.0317. The first-order valence-corrected chi connectivity index (χ1v) is 23.8. The van der Waals surface area contributed by atoms with Crippen LogP contribution in [-0.4, -0.2) is 123 Å². The van der Waals surface area contributed by atoms with Crippen molar-refractivity contribution in [1.82, 2.24) is 30.2 Å². The third-order valence-corrected chi connectivity index (χ3v) is 12.4. The molecule has 0 aliphatic carbocycles. The van der Waals surface area contributed by atoms with E-state index >= 15 is 0 Å². The fraction of sp³-hybridized carbons (Fsp3) is 0.677. The Hall–Kier alpha value is -2.70. The number of nitrogens with two attached hydrogens (primary N) is 1. The molecule has 2 aromatic heterocycles. The average molecular weight is 920 g/mol. The van der Waals surface area contributed by atoms with Gasteiger partial charge in [0.15, 0.2) is 22.8 Å². The van der Waals surface area contributed by atoms with Crippen LogP contribution in [0.4, 0.5) is 5.82 Å². The van der Waals surface area contributed by atoms with E-state index in [2.05, 4.69) is 53.5 Å². The van der Waals surface area contributed by atoms with Gasteiger partial charge in [0.1, 0.15) is 36.3 Å². The highest BCUT2D eigenvalue weighted by Crippen LogP contribution is 2.61. The number of fused-ring (bicyclic) bond motifs is 1. The second-order valence-corrected chi connectivity index (χ2v) is 19.2. The zero-order valence-corrected chi connectivity index (χ0v) is 36.0. The molecule has 10 N–H and O–H groups in total. The number of thioether (sulfide) groups is 1. The summed E-state index contributed by atoms with van der Waals surface area (Å²) >= 11 is 1.12. The van der Waals surface area contributed by atoms with Gasteiger partial charge in [-0.05, 0) is 25.7 Å². The molecule has 0 saturated carbocycles. The SMILES string of the molecule is CCC/C=C/CCCCC(=O)SCCNC(=O)CCNC(=O)C(O)C(C)(C)COP(=O)(O)OP(=O)(O)OCC1OC(n2cnc3c(N)ncnc32)C(O)C1OP(=O)(O)O. The molecule has 1 saturated heterocycles. The number of carbonyl (C=O) groups excluding carboxylic acids is 3. The summed E-state index contributed by atoms with van der Waals surface area (Å²) in [5.74, 6) is -1.05. The first kappa shape index (κ1) is 50.7. The lowest BCUT2D eigenvalue weighted by molar-refractivity contribution is -0.137. The summed E-state index contributed by atoms with van der Waals surface area (Å²) in [5, 5.41) is 26.5. The maximum Gasteiger partial charge on any atom is 0.481 e. The number of nitrogen functional groups attached to an aromatic ring is 1. The lowest BCUT2D eigenvalue weighted by Gasteiger charge is -2.30. The van der Waals surface area contributed by atoms with Crippen molar-refractivity contribution < 1.29 is 80.5 Å². The van der Waals surface area contributed by atoms with E-state index in [9.17, 15) is 57.9 Å². The van der Waals surface area contributed by atoms with Crippen molar-refractivity contribution in [3.05, 3.63) is 24.8 Å². The maximum absolute atomic E-state index is 12.7. The monoisotopic (exact) mass is 919 g/mol. The molecule has 1 aliphatic rings. The van der Waals surface area contributed by atoms with Crippen LogP contribution in [0.5, 0.6) is 0 Å². The fourth-order valence-corrected chi connectivity index (χ4v) is 8.85. The van der Waals surface area contributed by atoms with Crippen LogP contribution in [0.1, 0.15) is 71.9 Å². The van der Waals surface area contributed by atoms with Gasteiger partial charge in [-0.2, -0.15) is 4.31 Å². The number of rotatable bonds is 26. The van der Waals surface area contributed by atoms with Gasteiger partial charge >= 0.3 is 23.5 Å². The number of anilines is 1. The summed E-state index contributed by atoms with van der Waals surface area (Å²) in [7, 11) is -16.4. The Morgan fingerprint density at radius 2 is 1.71 bits per heavy atom. The fourth-order valence-electron chi connectivity index (χ4n) is 5.30.